The molecule has 0 aliphatic carbocycles. The molecule has 0 aliphatic heterocycles. The average molecular weight is 296 g/mol. The summed E-state index contributed by atoms with van der Waals surface area (Å²) in [7, 11) is 0. The topological polar surface area (TPSA) is 38.7 Å². The second-order valence-corrected chi connectivity index (χ2v) is 5.20. The van der Waals surface area contributed by atoms with E-state index in [1.54, 1.807) is 0 Å². The van der Waals surface area contributed by atoms with Gasteiger partial charge in [-0.2, -0.15) is 0 Å². The molecule has 0 atom stereocenters. The molecule has 0 spiro atoms. The van der Waals surface area contributed by atoms with Crippen molar-refractivity contribution in [1.29, 1.82) is 0 Å². The zero-order chi connectivity index (χ0) is 14.8. The lowest BCUT2D eigenvalue weighted by Gasteiger charge is -2.09. The molecule has 0 N–H and O–H groups in total. The van der Waals surface area contributed by atoms with Crippen LogP contribution in [0.2, 0.25) is 5.02 Å². The van der Waals surface area contributed by atoms with Gasteiger partial charge in [-0.25, -0.2) is 15.0 Å². The number of aryl methyl sites for hydroxylation is 2. The molecule has 3 rings (SSSR count). The molecule has 0 saturated carbocycles. The molecule has 0 unspecified atom stereocenters. The van der Waals surface area contributed by atoms with Crippen molar-refractivity contribution < 1.29 is 0 Å². The summed E-state index contributed by atoms with van der Waals surface area (Å²) in [5.41, 5.74) is 4.16. The summed E-state index contributed by atoms with van der Waals surface area (Å²) >= 11 is 6.37. The van der Waals surface area contributed by atoms with E-state index in [1.165, 1.54) is 0 Å². The van der Waals surface area contributed by atoms with E-state index < -0.39 is 0 Å². The van der Waals surface area contributed by atoms with Crippen LogP contribution in [-0.4, -0.2) is 15.0 Å². The van der Waals surface area contributed by atoms with Crippen molar-refractivity contribution in [3.8, 4) is 22.8 Å². The number of rotatable bonds is 2. The highest BCUT2D eigenvalue weighted by Crippen LogP contribution is 2.29. The Morgan fingerprint density at radius 3 is 2.29 bits per heavy atom. The number of halogens is 1. The van der Waals surface area contributed by atoms with Crippen LogP contribution in [0.3, 0.4) is 0 Å². The first-order valence-corrected chi connectivity index (χ1v) is 7.06. The van der Waals surface area contributed by atoms with Gasteiger partial charge in [-0.05, 0) is 26.0 Å². The van der Waals surface area contributed by atoms with Crippen LogP contribution in [0.25, 0.3) is 22.8 Å². The number of nitrogens with zero attached hydrogens (tertiary/aromatic N) is 3. The largest absolute Gasteiger partial charge is 0.250 e. The Morgan fingerprint density at radius 1 is 0.810 bits per heavy atom. The van der Waals surface area contributed by atoms with Gasteiger partial charge in [-0.3, -0.25) is 0 Å². The molecule has 0 saturated heterocycles. The minimum atomic E-state index is 0.581. The van der Waals surface area contributed by atoms with Crippen LogP contribution in [0.4, 0.5) is 0 Å². The van der Waals surface area contributed by atoms with Crippen LogP contribution in [0.5, 0.6) is 0 Å². The molecule has 0 aliphatic rings. The molecule has 0 amide bonds. The van der Waals surface area contributed by atoms with Crippen LogP contribution < -0.4 is 0 Å². The standard InChI is InChI=1S/C17H14ClN3/c1-11-7-6-10-14(19-11)17-20-12(2)15(18)16(21-17)13-8-4-3-5-9-13/h3-10H,1-2H3. The molecule has 3 aromatic rings. The van der Waals surface area contributed by atoms with Gasteiger partial charge in [-0.1, -0.05) is 48.0 Å². The fourth-order valence-corrected chi connectivity index (χ4v) is 2.32. The van der Waals surface area contributed by atoms with Crippen molar-refractivity contribution in [3.63, 3.8) is 0 Å². The molecule has 4 heteroatoms. The first-order chi connectivity index (χ1) is 10.1. The zero-order valence-corrected chi connectivity index (χ0v) is 12.6. The number of pyridine rings is 1. The van der Waals surface area contributed by atoms with E-state index in [0.717, 1.165) is 28.3 Å². The highest BCUT2D eigenvalue weighted by atomic mass is 35.5. The van der Waals surface area contributed by atoms with Crippen LogP contribution in [0.1, 0.15) is 11.4 Å². The Labute approximate surface area is 128 Å². The molecular formula is C17H14ClN3. The van der Waals surface area contributed by atoms with Crippen molar-refractivity contribution in [2.45, 2.75) is 13.8 Å². The molecule has 0 fully saturated rings. The zero-order valence-electron chi connectivity index (χ0n) is 11.8. The van der Waals surface area contributed by atoms with E-state index in [0.29, 0.717) is 10.8 Å². The Balaban J connectivity index is 2.19. The van der Waals surface area contributed by atoms with Gasteiger partial charge in [0.2, 0.25) is 0 Å². The van der Waals surface area contributed by atoms with Crippen molar-refractivity contribution >= 4 is 11.6 Å². The molecule has 21 heavy (non-hydrogen) atoms. The minimum absolute atomic E-state index is 0.581. The highest BCUT2D eigenvalue weighted by Gasteiger charge is 2.13. The number of hydrogen-bond acceptors (Lipinski definition) is 3. The van der Waals surface area contributed by atoms with Crippen molar-refractivity contribution in [3.05, 3.63) is 64.9 Å². The van der Waals surface area contributed by atoms with E-state index in [2.05, 4.69) is 15.0 Å². The monoisotopic (exact) mass is 295 g/mol. The van der Waals surface area contributed by atoms with E-state index in [4.69, 9.17) is 11.6 Å². The van der Waals surface area contributed by atoms with E-state index in [1.807, 2.05) is 62.4 Å². The summed E-state index contributed by atoms with van der Waals surface area (Å²) < 4.78 is 0. The van der Waals surface area contributed by atoms with Crippen LogP contribution in [-0.2, 0) is 0 Å². The van der Waals surface area contributed by atoms with Crippen LogP contribution >= 0.6 is 11.6 Å². The van der Waals surface area contributed by atoms with Gasteiger partial charge in [0.1, 0.15) is 5.69 Å². The first-order valence-electron chi connectivity index (χ1n) is 6.69. The van der Waals surface area contributed by atoms with Gasteiger partial charge in [0.05, 0.1) is 16.4 Å². The second-order valence-electron chi connectivity index (χ2n) is 4.83. The summed E-state index contributed by atoms with van der Waals surface area (Å²) in [6.07, 6.45) is 0. The smallest absolute Gasteiger partial charge is 0.179 e. The van der Waals surface area contributed by atoms with Crippen molar-refractivity contribution in [2.75, 3.05) is 0 Å². The van der Waals surface area contributed by atoms with Gasteiger partial charge in [-0.15, -0.1) is 0 Å². The Morgan fingerprint density at radius 2 is 1.57 bits per heavy atom. The highest BCUT2D eigenvalue weighted by molar-refractivity contribution is 6.33. The number of benzene rings is 1. The number of aromatic nitrogens is 3. The first kappa shape index (κ1) is 13.7. The fourth-order valence-electron chi connectivity index (χ4n) is 2.13. The van der Waals surface area contributed by atoms with Crippen molar-refractivity contribution in [1.82, 2.24) is 15.0 Å². The van der Waals surface area contributed by atoms with E-state index in [9.17, 15) is 0 Å². The molecule has 0 bridgehead atoms. The Hall–Kier alpha value is -2.26. The summed E-state index contributed by atoms with van der Waals surface area (Å²) in [4.78, 5) is 13.6. The summed E-state index contributed by atoms with van der Waals surface area (Å²) in [5.74, 6) is 0.597. The maximum Gasteiger partial charge on any atom is 0.179 e. The van der Waals surface area contributed by atoms with E-state index >= 15 is 0 Å². The van der Waals surface area contributed by atoms with Gasteiger partial charge in [0.15, 0.2) is 5.82 Å². The van der Waals surface area contributed by atoms with Crippen LogP contribution in [0.15, 0.2) is 48.5 Å². The third-order valence-electron chi connectivity index (χ3n) is 3.18. The Bertz CT molecular complexity index is 785. The number of hydrogen-bond donors (Lipinski definition) is 0. The van der Waals surface area contributed by atoms with Crippen LogP contribution in [0, 0.1) is 13.8 Å². The second kappa shape index (κ2) is 5.62. The maximum atomic E-state index is 6.37. The van der Waals surface area contributed by atoms with Gasteiger partial charge in [0.25, 0.3) is 0 Å². The average Bonchev–Trinajstić information content (AvgIpc) is 2.51. The lowest BCUT2D eigenvalue weighted by Crippen LogP contribution is -1.99. The molecule has 3 nitrogen and oxygen atoms in total. The Kier molecular flexibility index (Phi) is 3.67. The van der Waals surface area contributed by atoms with Gasteiger partial charge >= 0.3 is 0 Å². The summed E-state index contributed by atoms with van der Waals surface area (Å²) in [6.45, 7) is 3.83. The maximum absolute atomic E-state index is 6.37. The normalized spacial score (nSPS) is 10.6. The third-order valence-corrected chi connectivity index (χ3v) is 3.63. The van der Waals surface area contributed by atoms with Gasteiger partial charge in [0, 0.05) is 11.3 Å². The fraction of sp³-hybridized carbons (Fsp3) is 0.118. The van der Waals surface area contributed by atoms with Crippen molar-refractivity contribution in [2.24, 2.45) is 0 Å². The quantitative estimate of drug-likeness (QED) is 0.700. The molecule has 2 heterocycles. The SMILES string of the molecule is Cc1cccc(-c2nc(C)c(Cl)c(-c3ccccc3)n2)n1. The molecular weight excluding hydrogens is 282 g/mol. The minimum Gasteiger partial charge on any atom is -0.250 e. The predicted octanol–water partition coefficient (Wildman–Crippen LogP) is 4.48. The summed E-state index contributed by atoms with van der Waals surface area (Å²) in [5, 5.41) is 0.581. The summed E-state index contributed by atoms with van der Waals surface area (Å²) in [6, 6.07) is 15.7. The molecule has 104 valence electrons. The molecule has 2 aromatic heterocycles. The van der Waals surface area contributed by atoms with E-state index in [-0.39, 0.29) is 0 Å². The van der Waals surface area contributed by atoms with Gasteiger partial charge < -0.3 is 0 Å². The molecule has 0 radical (unpaired) electrons. The molecule has 1 aromatic carbocycles. The predicted molar refractivity (Wildman–Crippen MR) is 85.2 cm³/mol. The lowest BCUT2D eigenvalue weighted by molar-refractivity contribution is 1.08. The third kappa shape index (κ3) is 2.78. The lowest BCUT2D eigenvalue weighted by atomic mass is 10.1.